The van der Waals surface area contributed by atoms with E-state index < -0.39 is 11.6 Å². The van der Waals surface area contributed by atoms with Gasteiger partial charge in [-0.25, -0.2) is 4.39 Å². The Labute approximate surface area is 69.6 Å². The fraction of sp³-hybridized carbons (Fsp3) is 0.222. The highest BCUT2D eigenvalue weighted by Gasteiger charge is 2.13. The first-order valence-corrected chi connectivity index (χ1v) is 3.53. The van der Waals surface area contributed by atoms with Crippen LogP contribution in [0, 0.1) is 12.7 Å². The maximum atomic E-state index is 12.9. The van der Waals surface area contributed by atoms with Crippen LogP contribution in [-0.4, -0.2) is 10.9 Å². The van der Waals surface area contributed by atoms with Crippen LogP contribution in [0.3, 0.4) is 0 Å². The molecule has 1 rings (SSSR count). The maximum Gasteiger partial charge on any atom is 0.166 e. The van der Waals surface area contributed by atoms with Gasteiger partial charge >= 0.3 is 0 Å². The molecule has 0 unspecified atom stereocenters. The van der Waals surface area contributed by atoms with Crippen molar-refractivity contribution in [3.63, 3.8) is 0 Å². The molecule has 0 aliphatic carbocycles. The van der Waals surface area contributed by atoms with Gasteiger partial charge in [-0.1, -0.05) is 6.07 Å². The number of carbonyl (C=O) groups is 1. The van der Waals surface area contributed by atoms with Crippen LogP contribution >= 0.6 is 0 Å². The molecule has 0 aliphatic heterocycles. The lowest BCUT2D eigenvalue weighted by Gasteiger charge is -2.04. The average Bonchev–Trinajstić information content (AvgIpc) is 1.97. The highest BCUT2D eigenvalue weighted by atomic mass is 19.1. The number of aryl methyl sites for hydroxylation is 1. The van der Waals surface area contributed by atoms with Crippen LogP contribution in [0.4, 0.5) is 4.39 Å². The summed E-state index contributed by atoms with van der Waals surface area (Å²) in [5.41, 5.74) is 0.275. The Hall–Kier alpha value is -1.38. The smallest absolute Gasteiger partial charge is 0.166 e. The summed E-state index contributed by atoms with van der Waals surface area (Å²) in [5.74, 6) is -1.40. The predicted molar refractivity (Wildman–Crippen MR) is 42.8 cm³/mol. The van der Waals surface area contributed by atoms with Gasteiger partial charge in [-0.2, -0.15) is 0 Å². The summed E-state index contributed by atoms with van der Waals surface area (Å²) in [6, 6.07) is 2.60. The number of phenolic OH excluding ortho intramolecular Hbond substituents is 1. The largest absolute Gasteiger partial charge is 0.507 e. The molecular weight excluding hydrogens is 159 g/mol. The second kappa shape index (κ2) is 2.93. The highest BCUT2D eigenvalue weighted by molar-refractivity contribution is 5.97. The lowest BCUT2D eigenvalue weighted by Crippen LogP contribution is -1.98. The van der Waals surface area contributed by atoms with Crippen LogP contribution in [0.1, 0.15) is 22.8 Å². The summed E-state index contributed by atoms with van der Waals surface area (Å²) in [6.45, 7) is 2.83. The van der Waals surface area contributed by atoms with Crippen molar-refractivity contribution in [1.29, 1.82) is 0 Å². The van der Waals surface area contributed by atoms with Gasteiger partial charge in [-0.15, -0.1) is 0 Å². The van der Waals surface area contributed by atoms with Gasteiger partial charge in [-0.3, -0.25) is 4.79 Å². The molecule has 0 saturated heterocycles. The molecule has 0 fully saturated rings. The van der Waals surface area contributed by atoms with Crippen molar-refractivity contribution >= 4 is 5.78 Å². The summed E-state index contributed by atoms with van der Waals surface area (Å²) in [5, 5.41) is 9.29. The van der Waals surface area contributed by atoms with Crippen LogP contribution in [0.25, 0.3) is 0 Å². The molecule has 0 aliphatic rings. The number of benzene rings is 1. The van der Waals surface area contributed by atoms with Gasteiger partial charge in [0, 0.05) is 0 Å². The number of hydrogen-bond acceptors (Lipinski definition) is 2. The van der Waals surface area contributed by atoms with Crippen LogP contribution in [0.2, 0.25) is 0 Å². The van der Waals surface area contributed by atoms with Crippen molar-refractivity contribution in [2.24, 2.45) is 0 Å². The first kappa shape index (κ1) is 8.71. The number of halogens is 1. The number of aromatic hydroxyl groups is 1. The molecule has 1 aromatic carbocycles. The predicted octanol–water partition coefficient (Wildman–Crippen LogP) is 2.04. The third-order valence-electron chi connectivity index (χ3n) is 1.68. The van der Waals surface area contributed by atoms with E-state index in [4.69, 9.17) is 0 Å². The molecule has 0 bridgehead atoms. The van der Waals surface area contributed by atoms with E-state index in [0.29, 0.717) is 5.56 Å². The van der Waals surface area contributed by atoms with Gasteiger partial charge in [-0.05, 0) is 25.5 Å². The molecule has 3 heteroatoms. The molecular formula is C9H9FO2. The normalized spacial score (nSPS) is 9.92. The van der Waals surface area contributed by atoms with E-state index in [-0.39, 0.29) is 11.3 Å². The van der Waals surface area contributed by atoms with E-state index in [1.165, 1.54) is 19.1 Å². The van der Waals surface area contributed by atoms with Gasteiger partial charge < -0.3 is 5.11 Å². The van der Waals surface area contributed by atoms with E-state index in [9.17, 15) is 14.3 Å². The summed E-state index contributed by atoms with van der Waals surface area (Å²) < 4.78 is 12.9. The summed E-state index contributed by atoms with van der Waals surface area (Å²) in [6.07, 6.45) is 0. The molecule has 0 atom stereocenters. The highest BCUT2D eigenvalue weighted by Crippen LogP contribution is 2.24. The molecule has 0 saturated carbocycles. The Kier molecular flexibility index (Phi) is 2.13. The van der Waals surface area contributed by atoms with Crippen molar-refractivity contribution in [2.45, 2.75) is 13.8 Å². The van der Waals surface area contributed by atoms with Gasteiger partial charge in [0.1, 0.15) is 11.6 Å². The fourth-order valence-corrected chi connectivity index (χ4v) is 1.01. The van der Waals surface area contributed by atoms with Gasteiger partial charge in [0.25, 0.3) is 0 Å². The maximum absolute atomic E-state index is 12.9. The number of carbonyl (C=O) groups excluding carboxylic acids is 1. The molecule has 12 heavy (non-hydrogen) atoms. The molecule has 0 amide bonds. The quantitative estimate of drug-likeness (QED) is 0.651. The van der Waals surface area contributed by atoms with E-state index in [2.05, 4.69) is 0 Å². The Balaban J connectivity index is 3.43. The van der Waals surface area contributed by atoms with Gasteiger partial charge in [0.2, 0.25) is 0 Å². The lowest BCUT2D eigenvalue weighted by molar-refractivity contribution is 0.101. The summed E-state index contributed by atoms with van der Waals surface area (Å²) >= 11 is 0. The lowest BCUT2D eigenvalue weighted by atomic mass is 10.1. The molecule has 1 aromatic rings. The zero-order valence-electron chi connectivity index (χ0n) is 6.89. The zero-order valence-corrected chi connectivity index (χ0v) is 6.89. The summed E-state index contributed by atoms with van der Waals surface area (Å²) in [7, 11) is 0. The Morgan fingerprint density at radius 1 is 1.50 bits per heavy atom. The molecule has 0 heterocycles. The second-order valence-electron chi connectivity index (χ2n) is 2.64. The van der Waals surface area contributed by atoms with Crippen molar-refractivity contribution in [3.05, 3.63) is 29.1 Å². The third kappa shape index (κ3) is 1.30. The Bertz CT molecular complexity index is 332. The minimum atomic E-state index is -0.675. The van der Waals surface area contributed by atoms with Gasteiger partial charge in [0.05, 0.1) is 5.56 Å². The minimum Gasteiger partial charge on any atom is -0.507 e. The van der Waals surface area contributed by atoms with Crippen molar-refractivity contribution in [2.75, 3.05) is 0 Å². The Morgan fingerprint density at radius 2 is 2.08 bits per heavy atom. The number of ketones is 1. The number of phenols is 1. The fourth-order valence-electron chi connectivity index (χ4n) is 1.01. The molecule has 0 aromatic heterocycles. The second-order valence-corrected chi connectivity index (χ2v) is 2.64. The Morgan fingerprint density at radius 3 is 2.50 bits per heavy atom. The van der Waals surface area contributed by atoms with E-state index >= 15 is 0 Å². The van der Waals surface area contributed by atoms with Gasteiger partial charge in [0.15, 0.2) is 5.78 Å². The number of Topliss-reactive ketones (excluding diaryl/α,β-unsaturated/α-hetero) is 1. The van der Waals surface area contributed by atoms with Crippen LogP contribution < -0.4 is 0 Å². The van der Waals surface area contributed by atoms with E-state index in [1.807, 2.05) is 0 Å². The molecule has 0 spiro atoms. The molecule has 64 valence electrons. The van der Waals surface area contributed by atoms with Crippen molar-refractivity contribution in [1.82, 2.24) is 0 Å². The van der Waals surface area contributed by atoms with Crippen LogP contribution in [0.15, 0.2) is 12.1 Å². The average molecular weight is 168 g/mol. The first-order valence-electron chi connectivity index (χ1n) is 3.53. The monoisotopic (exact) mass is 168 g/mol. The SMILES string of the molecule is CC(=O)c1c(F)ccc(C)c1O. The van der Waals surface area contributed by atoms with Crippen LogP contribution in [0.5, 0.6) is 5.75 Å². The van der Waals surface area contributed by atoms with Crippen LogP contribution in [-0.2, 0) is 0 Å². The number of hydrogen-bond donors (Lipinski definition) is 1. The van der Waals surface area contributed by atoms with Crippen molar-refractivity contribution < 1.29 is 14.3 Å². The molecule has 0 radical (unpaired) electrons. The first-order chi connectivity index (χ1) is 5.54. The van der Waals surface area contributed by atoms with Crippen molar-refractivity contribution in [3.8, 4) is 5.75 Å². The third-order valence-corrected chi connectivity index (χ3v) is 1.68. The molecule has 1 N–H and O–H groups in total. The molecule has 2 nitrogen and oxygen atoms in total. The number of rotatable bonds is 1. The topological polar surface area (TPSA) is 37.3 Å². The van der Waals surface area contributed by atoms with E-state index in [0.717, 1.165) is 0 Å². The summed E-state index contributed by atoms with van der Waals surface area (Å²) in [4.78, 5) is 10.8. The minimum absolute atomic E-state index is 0.227. The zero-order chi connectivity index (χ0) is 9.30. The van der Waals surface area contributed by atoms with E-state index in [1.54, 1.807) is 6.92 Å². The standard InChI is InChI=1S/C9H9FO2/c1-5-3-4-7(10)8(6(2)11)9(5)12/h3-4,12H,1-2H3.